The minimum absolute atomic E-state index is 0.147. The molecule has 3 rings (SSSR count). The molecule has 0 aliphatic rings. The average Bonchev–Trinajstić information content (AvgIpc) is 3.05. The molecule has 0 atom stereocenters. The van der Waals surface area contributed by atoms with Crippen molar-refractivity contribution < 1.29 is 9.53 Å². The van der Waals surface area contributed by atoms with Gasteiger partial charge in [0.1, 0.15) is 17.8 Å². The van der Waals surface area contributed by atoms with Gasteiger partial charge in [-0.05, 0) is 18.2 Å². The van der Waals surface area contributed by atoms with E-state index in [0.29, 0.717) is 5.69 Å². The fourth-order valence-corrected chi connectivity index (χ4v) is 1.94. The lowest BCUT2D eigenvalue weighted by atomic mass is 10.2. The smallest absolute Gasteiger partial charge is 0.279 e. The van der Waals surface area contributed by atoms with Gasteiger partial charge < -0.3 is 9.72 Å². The van der Waals surface area contributed by atoms with Crippen LogP contribution in [0.1, 0.15) is 10.5 Å². The Morgan fingerprint density at radius 2 is 2.33 bits per heavy atom. The number of carbonyl (C=O) groups is 1. The number of methoxy groups -OCH3 is 1. The molecule has 18 heavy (non-hydrogen) atoms. The second-order valence-corrected chi connectivity index (χ2v) is 3.88. The second-order valence-electron chi connectivity index (χ2n) is 3.88. The van der Waals surface area contributed by atoms with Gasteiger partial charge in [-0.1, -0.05) is 6.07 Å². The molecule has 5 nitrogen and oxygen atoms in total. The van der Waals surface area contributed by atoms with Crippen molar-refractivity contribution in [3.05, 3.63) is 48.7 Å². The SMILES string of the molecule is COc1cccc2[nH]c(C(=O)n3ccnc3)cc12. The number of imidazole rings is 1. The molecule has 2 aromatic heterocycles. The van der Waals surface area contributed by atoms with Crippen molar-refractivity contribution in [2.45, 2.75) is 0 Å². The summed E-state index contributed by atoms with van der Waals surface area (Å²) >= 11 is 0. The van der Waals surface area contributed by atoms with Crippen LogP contribution >= 0.6 is 0 Å². The van der Waals surface area contributed by atoms with Gasteiger partial charge in [-0.3, -0.25) is 9.36 Å². The molecule has 5 heteroatoms. The number of H-pyrrole nitrogens is 1. The summed E-state index contributed by atoms with van der Waals surface area (Å²) in [5.41, 5.74) is 1.38. The highest BCUT2D eigenvalue weighted by Crippen LogP contribution is 2.26. The summed E-state index contributed by atoms with van der Waals surface area (Å²) < 4.78 is 6.69. The molecule has 0 radical (unpaired) electrons. The van der Waals surface area contributed by atoms with Crippen LogP contribution in [0.2, 0.25) is 0 Å². The highest BCUT2D eigenvalue weighted by atomic mass is 16.5. The number of benzene rings is 1. The number of hydrogen-bond donors (Lipinski definition) is 1. The van der Waals surface area contributed by atoms with Crippen LogP contribution in [0, 0.1) is 0 Å². The van der Waals surface area contributed by atoms with Gasteiger partial charge in [0.15, 0.2) is 0 Å². The van der Waals surface area contributed by atoms with E-state index in [9.17, 15) is 4.79 Å². The van der Waals surface area contributed by atoms with Gasteiger partial charge in [0.05, 0.1) is 7.11 Å². The molecule has 0 aliphatic carbocycles. The molecule has 0 unspecified atom stereocenters. The van der Waals surface area contributed by atoms with E-state index in [0.717, 1.165) is 16.7 Å². The topological polar surface area (TPSA) is 59.9 Å². The molecule has 0 spiro atoms. The molecular weight excluding hydrogens is 230 g/mol. The first-order valence-electron chi connectivity index (χ1n) is 5.48. The predicted molar refractivity (Wildman–Crippen MR) is 66.8 cm³/mol. The Balaban J connectivity index is 2.11. The van der Waals surface area contributed by atoms with Crippen LogP contribution in [0.5, 0.6) is 5.75 Å². The Hall–Kier alpha value is -2.56. The maximum absolute atomic E-state index is 12.1. The summed E-state index contributed by atoms with van der Waals surface area (Å²) in [5.74, 6) is 0.596. The molecule has 90 valence electrons. The van der Waals surface area contributed by atoms with E-state index < -0.39 is 0 Å². The molecule has 0 saturated carbocycles. The van der Waals surface area contributed by atoms with Crippen molar-refractivity contribution in [1.82, 2.24) is 14.5 Å². The lowest BCUT2D eigenvalue weighted by molar-refractivity contribution is 0.0955. The first-order valence-corrected chi connectivity index (χ1v) is 5.48. The highest BCUT2D eigenvalue weighted by Gasteiger charge is 2.13. The van der Waals surface area contributed by atoms with Crippen molar-refractivity contribution in [2.75, 3.05) is 7.11 Å². The van der Waals surface area contributed by atoms with Crippen molar-refractivity contribution >= 4 is 16.8 Å². The van der Waals surface area contributed by atoms with E-state index in [1.54, 1.807) is 25.6 Å². The highest BCUT2D eigenvalue weighted by molar-refractivity contribution is 6.00. The third-order valence-electron chi connectivity index (χ3n) is 2.81. The molecule has 0 amide bonds. The molecule has 2 heterocycles. The van der Waals surface area contributed by atoms with Gasteiger partial charge in [-0.25, -0.2) is 4.98 Å². The summed E-state index contributed by atoms with van der Waals surface area (Å²) in [7, 11) is 1.61. The average molecular weight is 241 g/mol. The van der Waals surface area contributed by atoms with Crippen LogP contribution in [-0.2, 0) is 0 Å². The number of nitrogens with zero attached hydrogens (tertiary/aromatic N) is 2. The summed E-state index contributed by atoms with van der Waals surface area (Å²) in [5, 5.41) is 0.892. The Kier molecular flexibility index (Phi) is 2.37. The van der Waals surface area contributed by atoms with Crippen LogP contribution in [0.3, 0.4) is 0 Å². The van der Waals surface area contributed by atoms with Crippen LogP contribution in [0.15, 0.2) is 43.0 Å². The number of aromatic amines is 1. The fourth-order valence-electron chi connectivity index (χ4n) is 1.94. The largest absolute Gasteiger partial charge is 0.496 e. The number of fused-ring (bicyclic) bond motifs is 1. The summed E-state index contributed by atoms with van der Waals surface area (Å²) in [6.07, 6.45) is 4.66. The maximum atomic E-state index is 12.1. The number of carbonyl (C=O) groups excluding carboxylic acids is 1. The van der Waals surface area contributed by atoms with Crippen molar-refractivity contribution in [2.24, 2.45) is 0 Å². The van der Waals surface area contributed by atoms with Crippen molar-refractivity contribution in [1.29, 1.82) is 0 Å². The first-order chi connectivity index (χ1) is 8.79. The Morgan fingerprint density at radius 1 is 1.44 bits per heavy atom. The predicted octanol–water partition coefficient (Wildman–Crippen LogP) is 2.06. The molecule has 1 N–H and O–H groups in total. The number of hydrogen-bond acceptors (Lipinski definition) is 3. The number of aromatic nitrogens is 3. The molecule has 0 fully saturated rings. The normalized spacial score (nSPS) is 10.7. The van der Waals surface area contributed by atoms with E-state index in [1.165, 1.54) is 10.9 Å². The minimum Gasteiger partial charge on any atom is -0.496 e. The summed E-state index contributed by atoms with van der Waals surface area (Å²) in [6, 6.07) is 7.43. The van der Waals surface area contributed by atoms with Gasteiger partial charge in [0.2, 0.25) is 0 Å². The lowest BCUT2D eigenvalue weighted by Gasteiger charge is -1.99. The fraction of sp³-hybridized carbons (Fsp3) is 0.0769. The summed E-state index contributed by atoms with van der Waals surface area (Å²) in [6.45, 7) is 0. The van der Waals surface area contributed by atoms with E-state index in [2.05, 4.69) is 9.97 Å². The lowest BCUT2D eigenvalue weighted by Crippen LogP contribution is -2.09. The standard InChI is InChI=1S/C13H11N3O2/c1-18-12-4-2-3-10-9(12)7-11(15-10)13(17)16-6-5-14-8-16/h2-8,15H,1H3. The van der Waals surface area contributed by atoms with E-state index in [-0.39, 0.29) is 5.91 Å². The first kappa shape index (κ1) is 10.6. The zero-order valence-corrected chi connectivity index (χ0v) is 9.75. The van der Waals surface area contributed by atoms with Crippen molar-refractivity contribution in [3.8, 4) is 5.75 Å². The van der Waals surface area contributed by atoms with E-state index in [1.807, 2.05) is 18.2 Å². The van der Waals surface area contributed by atoms with Gasteiger partial charge in [-0.2, -0.15) is 0 Å². The van der Waals surface area contributed by atoms with Crippen LogP contribution in [-0.4, -0.2) is 27.6 Å². The molecular formula is C13H11N3O2. The van der Waals surface area contributed by atoms with Crippen LogP contribution in [0.25, 0.3) is 10.9 Å². The molecule has 0 aliphatic heterocycles. The Labute approximate surface area is 103 Å². The molecule has 0 bridgehead atoms. The third-order valence-corrected chi connectivity index (χ3v) is 2.81. The molecule has 3 aromatic rings. The zero-order chi connectivity index (χ0) is 12.5. The van der Waals surface area contributed by atoms with Gasteiger partial charge >= 0.3 is 0 Å². The van der Waals surface area contributed by atoms with Crippen LogP contribution < -0.4 is 4.74 Å². The monoisotopic (exact) mass is 241 g/mol. The zero-order valence-electron chi connectivity index (χ0n) is 9.75. The van der Waals surface area contributed by atoms with Gasteiger partial charge in [0, 0.05) is 23.3 Å². The Bertz CT molecular complexity index is 698. The van der Waals surface area contributed by atoms with E-state index in [4.69, 9.17) is 4.74 Å². The second kappa shape index (κ2) is 4.03. The number of ether oxygens (including phenoxy) is 1. The van der Waals surface area contributed by atoms with Gasteiger partial charge in [-0.15, -0.1) is 0 Å². The van der Waals surface area contributed by atoms with Gasteiger partial charge in [0.25, 0.3) is 5.91 Å². The summed E-state index contributed by atoms with van der Waals surface area (Å²) in [4.78, 5) is 19.1. The third kappa shape index (κ3) is 1.57. The quantitative estimate of drug-likeness (QED) is 0.747. The Morgan fingerprint density at radius 3 is 3.06 bits per heavy atom. The number of nitrogens with one attached hydrogen (secondary N) is 1. The van der Waals surface area contributed by atoms with E-state index >= 15 is 0 Å². The molecule has 0 saturated heterocycles. The van der Waals surface area contributed by atoms with Crippen LogP contribution in [0.4, 0.5) is 0 Å². The minimum atomic E-state index is -0.147. The maximum Gasteiger partial charge on any atom is 0.279 e. The molecule has 1 aromatic carbocycles. The number of rotatable bonds is 2. The van der Waals surface area contributed by atoms with Crippen molar-refractivity contribution in [3.63, 3.8) is 0 Å².